The summed E-state index contributed by atoms with van der Waals surface area (Å²) in [6.07, 6.45) is 2.61. The van der Waals surface area contributed by atoms with Gasteiger partial charge in [-0.15, -0.1) is 6.58 Å². The Bertz CT molecular complexity index is 2600. The zero-order valence-electron chi connectivity index (χ0n) is 38.1. The Morgan fingerprint density at radius 3 is 2.29 bits per heavy atom. The molecule has 4 aromatic rings. The molecule has 2 fully saturated rings. The average molecular weight is 924 g/mol. The Morgan fingerprint density at radius 2 is 1.67 bits per heavy atom. The fraction of sp³-hybridized carbons (Fsp3) is 0.375. The number of likely N-dealkylation sites (tertiary alicyclic amines) is 1. The molecule has 1 aromatic heterocycles. The third-order valence-electron chi connectivity index (χ3n) is 11.1. The highest BCUT2D eigenvalue weighted by Crippen LogP contribution is 2.45. The molecule has 5 atom stereocenters. The number of likely N-dealkylation sites (N-methyl/N-ethyl adjacent to an activating group) is 2. The van der Waals surface area contributed by atoms with Gasteiger partial charge in [-0.05, 0) is 65.6 Å². The van der Waals surface area contributed by atoms with Crippen LogP contribution in [0, 0.1) is 5.92 Å². The largest absolute Gasteiger partial charge is 0.497 e. The molecule has 6 rings (SSSR count). The summed E-state index contributed by atoms with van der Waals surface area (Å²) in [4.78, 5) is 79.3. The summed E-state index contributed by atoms with van der Waals surface area (Å²) in [5, 5.41) is 6.02. The third kappa shape index (κ3) is 11.7. The van der Waals surface area contributed by atoms with Gasteiger partial charge in [0.05, 0.1) is 36.3 Å². The quantitative estimate of drug-likeness (QED) is 0.100. The van der Waals surface area contributed by atoms with Crippen LogP contribution in [0.3, 0.4) is 0 Å². The van der Waals surface area contributed by atoms with E-state index in [0.717, 1.165) is 5.56 Å². The number of methoxy groups -OCH3 is 1. The molecular formula is C48H57N7O10S. The number of nitrogens with one attached hydrogen (secondary N) is 3. The number of amides is 5. The van der Waals surface area contributed by atoms with Crippen molar-refractivity contribution in [1.82, 2.24) is 35.0 Å². The molecule has 5 amide bonds. The first kappa shape index (κ1) is 48.7. The second kappa shape index (κ2) is 20.2. The van der Waals surface area contributed by atoms with Crippen LogP contribution in [-0.2, 0) is 33.9 Å². The van der Waals surface area contributed by atoms with E-state index in [4.69, 9.17) is 19.2 Å². The fourth-order valence-electron chi connectivity index (χ4n) is 7.61. The van der Waals surface area contributed by atoms with Crippen LogP contribution in [0.15, 0.2) is 115 Å². The molecule has 2 heterocycles. The molecule has 0 bridgehead atoms. The van der Waals surface area contributed by atoms with E-state index in [1.54, 1.807) is 64.3 Å². The van der Waals surface area contributed by atoms with E-state index in [1.807, 2.05) is 49.3 Å². The lowest BCUT2D eigenvalue weighted by Gasteiger charge is -2.31. The molecule has 1 saturated carbocycles. The smallest absolute Gasteiger partial charge is 0.408 e. The van der Waals surface area contributed by atoms with Gasteiger partial charge in [-0.3, -0.25) is 19.2 Å². The lowest BCUT2D eigenvalue weighted by atomic mass is 10.1. The molecule has 0 unspecified atom stereocenters. The highest BCUT2D eigenvalue weighted by atomic mass is 32.2. The van der Waals surface area contributed by atoms with Gasteiger partial charge in [0.1, 0.15) is 40.8 Å². The van der Waals surface area contributed by atoms with Gasteiger partial charge in [0.25, 0.3) is 15.9 Å². The first-order valence-corrected chi connectivity index (χ1v) is 22.9. The maximum atomic E-state index is 15.0. The van der Waals surface area contributed by atoms with Gasteiger partial charge in [-0.25, -0.2) is 22.9 Å². The number of carbonyl (C=O) groups excluding carboxylic acids is 5. The number of ether oxygens (including phenoxy) is 3. The van der Waals surface area contributed by atoms with Crippen molar-refractivity contribution in [2.24, 2.45) is 5.92 Å². The monoisotopic (exact) mass is 923 g/mol. The molecule has 66 heavy (non-hydrogen) atoms. The summed E-state index contributed by atoms with van der Waals surface area (Å²) in [5.74, 6) is -2.65. The first-order chi connectivity index (χ1) is 31.2. The topological polar surface area (TPSA) is 206 Å². The lowest BCUT2D eigenvalue weighted by molar-refractivity contribution is -0.141. The normalized spacial score (nSPS) is 19.8. The number of pyridine rings is 1. The minimum atomic E-state index is -4.34. The molecule has 350 valence electrons. The molecule has 17 nitrogen and oxygen atoms in total. The minimum Gasteiger partial charge on any atom is -0.497 e. The van der Waals surface area contributed by atoms with Crippen LogP contribution in [0.2, 0.25) is 0 Å². The predicted octanol–water partition coefficient (Wildman–Crippen LogP) is 4.29. The predicted molar refractivity (Wildman–Crippen MR) is 248 cm³/mol. The van der Waals surface area contributed by atoms with Gasteiger partial charge in [0.2, 0.25) is 17.7 Å². The second-order valence-corrected chi connectivity index (χ2v) is 19.3. The number of hydrogen-bond donors (Lipinski definition) is 3. The molecule has 1 saturated heterocycles. The van der Waals surface area contributed by atoms with E-state index in [2.05, 4.69) is 21.9 Å². The molecule has 3 aromatic carbocycles. The van der Waals surface area contributed by atoms with Crippen molar-refractivity contribution >= 4 is 50.6 Å². The van der Waals surface area contributed by atoms with Crippen molar-refractivity contribution < 1.29 is 46.6 Å². The number of sulfonamides is 1. The lowest BCUT2D eigenvalue weighted by Crippen LogP contribution is -2.59. The highest BCUT2D eigenvalue weighted by Gasteiger charge is 2.61. The number of benzene rings is 3. The van der Waals surface area contributed by atoms with Crippen LogP contribution in [-0.4, -0.2) is 135 Å². The van der Waals surface area contributed by atoms with Crippen molar-refractivity contribution in [3.63, 3.8) is 0 Å². The van der Waals surface area contributed by atoms with Crippen molar-refractivity contribution in [1.29, 1.82) is 0 Å². The van der Waals surface area contributed by atoms with Gasteiger partial charge in [-0.1, -0.05) is 60.7 Å². The number of alkyl carbamates (subject to hydrolysis) is 1. The van der Waals surface area contributed by atoms with Crippen LogP contribution in [0.1, 0.15) is 33.6 Å². The van der Waals surface area contributed by atoms with E-state index < -0.39 is 75.0 Å². The van der Waals surface area contributed by atoms with Crippen LogP contribution >= 0.6 is 0 Å². The van der Waals surface area contributed by atoms with Gasteiger partial charge in [-0.2, -0.15) is 0 Å². The standard InChI is InChI=1S/C48H57N7O10S/c1-9-32-28-48(32,45(59)52-66(61,62)35-19-14-11-15-20-35)51-43(57)40-26-34(64-41-27-37(31-17-12-10-13-18-31)49-38-25-33(63-8)22-23-36(38)41)29-55(40)44(58)39(50-46(60)65-47(2,3)4)30-54(7)42(56)21-16-24-53(5)6/h9-23,25,27,32,34,39-40H,1,24,26,28-30H2,2-8H3,(H,50,60)(H,51,57)(H,52,59)/t32-,34-,39+,40+,48-/m1/s1. The summed E-state index contributed by atoms with van der Waals surface area (Å²) < 4.78 is 46.4. The van der Waals surface area contributed by atoms with Gasteiger partial charge in [0, 0.05) is 55.1 Å². The summed E-state index contributed by atoms with van der Waals surface area (Å²) in [5.41, 5.74) is -0.726. The Balaban J connectivity index is 1.36. The highest BCUT2D eigenvalue weighted by molar-refractivity contribution is 7.90. The maximum Gasteiger partial charge on any atom is 0.408 e. The molecule has 2 aliphatic rings. The minimum absolute atomic E-state index is 0.0325. The van der Waals surface area contributed by atoms with Crippen LogP contribution in [0.5, 0.6) is 11.5 Å². The molecular weight excluding hydrogens is 867 g/mol. The summed E-state index contributed by atoms with van der Waals surface area (Å²) >= 11 is 0. The number of carbonyl (C=O) groups is 5. The average Bonchev–Trinajstić information content (AvgIpc) is 3.83. The number of hydrogen-bond acceptors (Lipinski definition) is 12. The Morgan fingerprint density at radius 1 is 0.985 bits per heavy atom. The molecule has 3 N–H and O–H groups in total. The molecule has 18 heteroatoms. The number of nitrogens with zero attached hydrogens (tertiary/aromatic N) is 4. The number of fused-ring (bicyclic) bond motifs is 1. The van der Waals surface area contributed by atoms with E-state index in [-0.39, 0.29) is 30.8 Å². The number of aromatic nitrogens is 1. The fourth-order valence-corrected chi connectivity index (χ4v) is 8.67. The maximum absolute atomic E-state index is 15.0. The Hall–Kier alpha value is -6.79. The second-order valence-electron chi connectivity index (χ2n) is 17.6. The first-order valence-electron chi connectivity index (χ1n) is 21.4. The molecule has 0 spiro atoms. The van der Waals surface area contributed by atoms with Crippen molar-refractivity contribution in [3.05, 3.63) is 110 Å². The molecule has 0 radical (unpaired) electrons. The van der Waals surface area contributed by atoms with E-state index >= 15 is 0 Å². The SMILES string of the molecule is C=C[C@@H]1C[C@]1(NC(=O)[C@@H]1C[C@@H](Oc2cc(-c3ccccc3)nc3cc(OC)ccc23)CN1C(=O)[C@H](CN(C)C(=O)C=CCN(C)C)NC(=O)OC(C)(C)C)C(=O)NS(=O)(=O)c1ccccc1. The Kier molecular flexibility index (Phi) is 14.9. The third-order valence-corrected chi connectivity index (χ3v) is 12.4. The zero-order valence-corrected chi connectivity index (χ0v) is 39.0. The van der Waals surface area contributed by atoms with E-state index in [0.29, 0.717) is 34.6 Å². The van der Waals surface area contributed by atoms with Crippen LogP contribution in [0.25, 0.3) is 22.2 Å². The van der Waals surface area contributed by atoms with Crippen molar-refractivity contribution in [2.45, 2.75) is 67.8 Å². The molecule has 1 aliphatic carbocycles. The van der Waals surface area contributed by atoms with Gasteiger partial charge >= 0.3 is 6.09 Å². The van der Waals surface area contributed by atoms with Gasteiger partial charge < -0.3 is 39.5 Å². The molecule has 1 aliphatic heterocycles. The van der Waals surface area contributed by atoms with Gasteiger partial charge in [0.15, 0.2) is 0 Å². The number of rotatable bonds is 17. The van der Waals surface area contributed by atoms with E-state index in [9.17, 15) is 32.4 Å². The summed E-state index contributed by atoms with van der Waals surface area (Å²) in [7, 11) is 2.36. The zero-order chi connectivity index (χ0) is 48.0. The van der Waals surface area contributed by atoms with Crippen molar-refractivity contribution in [2.75, 3.05) is 47.9 Å². The van der Waals surface area contributed by atoms with Crippen molar-refractivity contribution in [3.8, 4) is 22.8 Å². The summed E-state index contributed by atoms with van der Waals surface area (Å²) in [6.45, 7) is 8.74. The summed E-state index contributed by atoms with van der Waals surface area (Å²) in [6, 6.07) is 21.1. The van der Waals surface area contributed by atoms with Crippen LogP contribution in [0.4, 0.5) is 4.79 Å². The Labute approximate surface area is 385 Å². The van der Waals surface area contributed by atoms with Crippen LogP contribution < -0.4 is 24.8 Å². The van der Waals surface area contributed by atoms with E-state index in [1.165, 1.54) is 53.3 Å².